The lowest BCUT2D eigenvalue weighted by atomic mass is 9.67. The third-order valence-corrected chi connectivity index (χ3v) is 13.4. The molecule has 0 N–H and O–H groups in total. The minimum atomic E-state index is -0.442. The van der Waals surface area contributed by atoms with Crippen LogP contribution in [0.5, 0.6) is 0 Å². The molecule has 1 heteroatoms. The number of anilines is 3. The fraction of sp³-hybridized carbons (Fsp3) is 0.0159. The van der Waals surface area contributed by atoms with Gasteiger partial charge in [-0.15, -0.1) is 0 Å². The third kappa shape index (κ3) is 6.16. The SMILES string of the molecule is c1ccc(C2(c3ccccc3)c3ccccc3-c3c(-c4ccc(N(c5ccc(-c6ccc(-c7cccc8ccccc78)cc6)cc5)c5ccc6ccccc6c5)cc4)cccc32)cc1. The molecule has 11 aromatic rings. The summed E-state index contributed by atoms with van der Waals surface area (Å²) >= 11 is 0. The predicted octanol–water partition coefficient (Wildman–Crippen LogP) is 16.8. The first kappa shape index (κ1) is 37.5. The van der Waals surface area contributed by atoms with Gasteiger partial charge in [-0.1, -0.05) is 224 Å². The van der Waals surface area contributed by atoms with Gasteiger partial charge in [-0.3, -0.25) is 0 Å². The zero-order valence-corrected chi connectivity index (χ0v) is 35.3. The monoisotopic (exact) mass is 813 g/mol. The lowest BCUT2D eigenvalue weighted by Gasteiger charge is -2.34. The second kappa shape index (κ2) is 15.6. The van der Waals surface area contributed by atoms with Crippen molar-refractivity contribution >= 4 is 38.6 Å². The standard InChI is InChI=1S/C63H43N/c1-3-19-51(20-4-1)63(52-21-5-2-6-22-52)60-27-12-11-24-59(60)62-58(26-14-28-61(62)63)49-36-40-54(41-37-49)64(55-42-35-44-15-7-8-17-50(44)43-55)53-38-33-46(34-39-53)45-29-31-48(32-30-45)57-25-13-18-47-16-9-10-23-56(47)57/h1-43H. The first-order chi connectivity index (χ1) is 31.7. The summed E-state index contributed by atoms with van der Waals surface area (Å²) < 4.78 is 0. The van der Waals surface area contributed by atoms with Crippen LogP contribution in [0.25, 0.3) is 66.1 Å². The summed E-state index contributed by atoms with van der Waals surface area (Å²) in [5, 5.41) is 4.97. The molecule has 12 rings (SSSR count). The minimum absolute atomic E-state index is 0.442. The van der Waals surface area contributed by atoms with Gasteiger partial charge in [0.1, 0.15) is 0 Å². The highest BCUT2D eigenvalue weighted by molar-refractivity contribution is 5.98. The van der Waals surface area contributed by atoms with Gasteiger partial charge in [-0.25, -0.2) is 0 Å². The van der Waals surface area contributed by atoms with Crippen LogP contribution in [0.1, 0.15) is 22.3 Å². The van der Waals surface area contributed by atoms with Gasteiger partial charge in [0.2, 0.25) is 0 Å². The molecule has 0 spiro atoms. The second-order valence-electron chi connectivity index (χ2n) is 16.8. The van der Waals surface area contributed by atoms with Crippen molar-refractivity contribution in [1.82, 2.24) is 0 Å². The molecule has 0 radical (unpaired) electrons. The van der Waals surface area contributed by atoms with Crippen molar-refractivity contribution in [3.63, 3.8) is 0 Å². The van der Waals surface area contributed by atoms with Gasteiger partial charge in [0.15, 0.2) is 0 Å². The summed E-state index contributed by atoms with van der Waals surface area (Å²) in [5.74, 6) is 0. The topological polar surface area (TPSA) is 3.24 Å². The van der Waals surface area contributed by atoms with E-state index in [2.05, 4.69) is 266 Å². The molecule has 64 heavy (non-hydrogen) atoms. The second-order valence-corrected chi connectivity index (χ2v) is 16.8. The average molecular weight is 814 g/mol. The Labute approximate surface area is 374 Å². The molecular formula is C63H43N. The summed E-state index contributed by atoms with van der Waals surface area (Å²) in [6, 6.07) is 95.7. The van der Waals surface area contributed by atoms with Crippen LogP contribution in [0.2, 0.25) is 0 Å². The molecule has 0 heterocycles. The maximum Gasteiger partial charge on any atom is 0.0713 e. The van der Waals surface area contributed by atoms with Crippen LogP contribution in [0, 0.1) is 0 Å². The lowest BCUT2D eigenvalue weighted by Crippen LogP contribution is -2.28. The van der Waals surface area contributed by atoms with Crippen molar-refractivity contribution in [1.29, 1.82) is 0 Å². The highest BCUT2D eigenvalue weighted by Crippen LogP contribution is 2.58. The van der Waals surface area contributed by atoms with E-state index in [1.165, 1.54) is 88.3 Å². The molecule has 0 saturated carbocycles. The number of hydrogen-bond donors (Lipinski definition) is 0. The summed E-state index contributed by atoms with van der Waals surface area (Å²) in [6.45, 7) is 0. The van der Waals surface area contributed by atoms with Gasteiger partial charge in [0, 0.05) is 17.1 Å². The van der Waals surface area contributed by atoms with E-state index in [1.807, 2.05) is 0 Å². The Kier molecular flexibility index (Phi) is 9.13. The van der Waals surface area contributed by atoms with Crippen LogP contribution in [-0.2, 0) is 5.41 Å². The molecular weight excluding hydrogens is 771 g/mol. The van der Waals surface area contributed by atoms with E-state index in [0.29, 0.717) is 0 Å². The maximum absolute atomic E-state index is 2.38. The van der Waals surface area contributed by atoms with Crippen LogP contribution < -0.4 is 4.90 Å². The minimum Gasteiger partial charge on any atom is -0.310 e. The van der Waals surface area contributed by atoms with E-state index < -0.39 is 5.41 Å². The molecule has 300 valence electrons. The highest BCUT2D eigenvalue weighted by atomic mass is 15.1. The number of fused-ring (bicyclic) bond motifs is 5. The Morgan fingerprint density at radius 3 is 1.42 bits per heavy atom. The molecule has 0 fully saturated rings. The largest absolute Gasteiger partial charge is 0.310 e. The molecule has 0 aliphatic heterocycles. The summed E-state index contributed by atoms with van der Waals surface area (Å²) in [6.07, 6.45) is 0. The van der Waals surface area contributed by atoms with Gasteiger partial charge in [0.25, 0.3) is 0 Å². The van der Waals surface area contributed by atoms with Gasteiger partial charge in [-0.05, 0) is 125 Å². The molecule has 0 aromatic heterocycles. The van der Waals surface area contributed by atoms with Crippen LogP contribution in [0.4, 0.5) is 17.1 Å². The summed E-state index contributed by atoms with van der Waals surface area (Å²) in [7, 11) is 0. The van der Waals surface area contributed by atoms with Crippen LogP contribution in [0.3, 0.4) is 0 Å². The predicted molar refractivity (Wildman–Crippen MR) is 270 cm³/mol. The highest BCUT2D eigenvalue weighted by Gasteiger charge is 2.46. The van der Waals surface area contributed by atoms with Crippen molar-refractivity contribution < 1.29 is 0 Å². The number of nitrogens with zero attached hydrogens (tertiary/aromatic N) is 1. The Balaban J connectivity index is 0.936. The number of benzene rings is 11. The third-order valence-electron chi connectivity index (χ3n) is 13.4. The van der Waals surface area contributed by atoms with Gasteiger partial charge >= 0.3 is 0 Å². The van der Waals surface area contributed by atoms with E-state index in [-0.39, 0.29) is 0 Å². The molecule has 1 aliphatic rings. The van der Waals surface area contributed by atoms with Gasteiger partial charge < -0.3 is 4.90 Å². The molecule has 0 amide bonds. The van der Waals surface area contributed by atoms with Crippen LogP contribution in [-0.4, -0.2) is 0 Å². The van der Waals surface area contributed by atoms with Crippen molar-refractivity contribution in [3.8, 4) is 44.5 Å². The maximum atomic E-state index is 2.38. The zero-order valence-electron chi connectivity index (χ0n) is 35.3. The fourth-order valence-corrected chi connectivity index (χ4v) is 10.4. The van der Waals surface area contributed by atoms with E-state index in [9.17, 15) is 0 Å². The Bertz CT molecular complexity index is 3420. The Morgan fingerprint density at radius 1 is 0.266 bits per heavy atom. The van der Waals surface area contributed by atoms with Gasteiger partial charge in [-0.2, -0.15) is 0 Å². The van der Waals surface area contributed by atoms with E-state index in [0.717, 1.165) is 17.1 Å². The molecule has 1 nitrogen and oxygen atoms in total. The van der Waals surface area contributed by atoms with Crippen molar-refractivity contribution in [2.45, 2.75) is 5.41 Å². The zero-order chi connectivity index (χ0) is 42.5. The molecule has 0 atom stereocenters. The lowest BCUT2D eigenvalue weighted by molar-refractivity contribution is 0.768. The van der Waals surface area contributed by atoms with Crippen LogP contribution in [0.15, 0.2) is 261 Å². The van der Waals surface area contributed by atoms with Crippen LogP contribution >= 0.6 is 0 Å². The molecule has 0 saturated heterocycles. The van der Waals surface area contributed by atoms with Crippen molar-refractivity contribution in [2.24, 2.45) is 0 Å². The first-order valence-corrected chi connectivity index (χ1v) is 22.2. The summed E-state index contributed by atoms with van der Waals surface area (Å²) in [4.78, 5) is 2.38. The Morgan fingerprint density at radius 2 is 0.719 bits per heavy atom. The van der Waals surface area contributed by atoms with E-state index in [4.69, 9.17) is 0 Å². The van der Waals surface area contributed by atoms with E-state index in [1.54, 1.807) is 0 Å². The Hall–Kier alpha value is -8.26. The molecule has 1 aliphatic carbocycles. The normalized spacial score (nSPS) is 12.5. The van der Waals surface area contributed by atoms with E-state index >= 15 is 0 Å². The summed E-state index contributed by atoms with van der Waals surface area (Å²) in [5.41, 5.74) is 17.9. The number of hydrogen-bond acceptors (Lipinski definition) is 1. The average Bonchev–Trinajstić information content (AvgIpc) is 3.69. The quantitative estimate of drug-likeness (QED) is 0.148. The fourth-order valence-electron chi connectivity index (χ4n) is 10.4. The smallest absolute Gasteiger partial charge is 0.0713 e. The molecule has 0 bridgehead atoms. The van der Waals surface area contributed by atoms with Crippen molar-refractivity contribution in [2.75, 3.05) is 4.90 Å². The molecule has 11 aromatic carbocycles. The van der Waals surface area contributed by atoms with Gasteiger partial charge in [0.05, 0.1) is 5.41 Å². The number of rotatable bonds is 8. The first-order valence-electron chi connectivity index (χ1n) is 22.2. The molecule has 0 unspecified atom stereocenters. The van der Waals surface area contributed by atoms with Crippen molar-refractivity contribution in [3.05, 3.63) is 283 Å².